The molecule has 0 unspecified atom stereocenters. The van der Waals surface area contributed by atoms with E-state index in [1.165, 1.54) is 4.90 Å². The van der Waals surface area contributed by atoms with Gasteiger partial charge in [0.25, 0.3) is 5.91 Å². The molecule has 2 aromatic carbocycles. The van der Waals surface area contributed by atoms with Gasteiger partial charge in [-0.25, -0.2) is 4.79 Å². The van der Waals surface area contributed by atoms with Crippen LogP contribution in [0.3, 0.4) is 0 Å². The monoisotopic (exact) mass is 423 g/mol. The molecular weight excluding hydrogens is 394 g/mol. The first-order valence-corrected chi connectivity index (χ1v) is 10.4. The molecule has 1 fully saturated rings. The Kier molecular flexibility index (Phi) is 6.63. The van der Waals surface area contributed by atoms with E-state index in [1.54, 1.807) is 37.4 Å². The minimum absolute atomic E-state index is 0.000587. The molecule has 1 saturated carbocycles. The zero-order valence-electron chi connectivity index (χ0n) is 18.4. The molecule has 0 atom stereocenters. The maximum atomic E-state index is 12.7. The van der Waals surface area contributed by atoms with Gasteiger partial charge in [-0.1, -0.05) is 18.2 Å². The maximum Gasteiger partial charge on any atom is 0.410 e. The molecule has 3 amide bonds. The van der Waals surface area contributed by atoms with E-state index >= 15 is 0 Å². The van der Waals surface area contributed by atoms with Crippen LogP contribution in [0.5, 0.6) is 0 Å². The fraction of sp³-hybridized carbons (Fsp3) is 0.375. The Balaban J connectivity index is 1.62. The Labute approximate surface area is 182 Å². The normalized spacial score (nSPS) is 13.3. The number of anilines is 2. The standard InChI is InChI=1S/C24H29N3O4/c1-24(2,3)31-23(30)27(4)15-16-7-5-9-19(13-16)25-22(29)18-8-6-10-20(14-18)26-21(28)17-11-12-17/h5-10,13-14,17H,11-12,15H2,1-4H3,(H,25,29)(H,26,28). The summed E-state index contributed by atoms with van der Waals surface area (Å²) in [6.45, 7) is 5.81. The number of ether oxygens (including phenoxy) is 1. The van der Waals surface area contributed by atoms with Gasteiger partial charge < -0.3 is 20.3 Å². The van der Waals surface area contributed by atoms with Gasteiger partial charge in [0.2, 0.25) is 5.91 Å². The van der Waals surface area contributed by atoms with E-state index in [0.717, 1.165) is 18.4 Å². The summed E-state index contributed by atoms with van der Waals surface area (Å²) in [4.78, 5) is 38.3. The number of carbonyl (C=O) groups is 3. The third-order valence-electron chi connectivity index (χ3n) is 4.65. The first kappa shape index (κ1) is 22.3. The Bertz CT molecular complexity index is 977. The van der Waals surface area contributed by atoms with Gasteiger partial charge in [0, 0.05) is 36.4 Å². The van der Waals surface area contributed by atoms with Crippen molar-refractivity contribution in [2.45, 2.75) is 45.8 Å². The second kappa shape index (κ2) is 9.20. The predicted molar refractivity (Wildman–Crippen MR) is 120 cm³/mol. The highest BCUT2D eigenvalue weighted by atomic mass is 16.6. The molecule has 1 aliphatic carbocycles. The summed E-state index contributed by atoms with van der Waals surface area (Å²) in [5, 5.41) is 5.72. The van der Waals surface area contributed by atoms with Crippen LogP contribution in [0.15, 0.2) is 48.5 Å². The Morgan fingerprint density at radius 3 is 2.29 bits per heavy atom. The highest BCUT2D eigenvalue weighted by Gasteiger charge is 2.29. The van der Waals surface area contributed by atoms with Gasteiger partial charge in [-0.3, -0.25) is 9.59 Å². The number of nitrogens with one attached hydrogen (secondary N) is 2. The predicted octanol–water partition coefficient (Wildman–Crippen LogP) is 4.65. The zero-order valence-corrected chi connectivity index (χ0v) is 18.4. The largest absolute Gasteiger partial charge is 0.444 e. The van der Waals surface area contributed by atoms with Crippen molar-refractivity contribution >= 4 is 29.3 Å². The summed E-state index contributed by atoms with van der Waals surface area (Å²) in [5.74, 6) is -0.182. The summed E-state index contributed by atoms with van der Waals surface area (Å²) in [6.07, 6.45) is 1.43. The zero-order chi connectivity index (χ0) is 22.6. The van der Waals surface area contributed by atoms with Crippen LogP contribution in [0.25, 0.3) is 0 Å². The summed E-state index contributed by atoms with van der Waals surface area (Å²) >= 11 is 0. The minimum Gasteiger partial charge on any atom is -0.444 e. The number of amides is 3. The fourth-order valence-electron chi connectivity index (χ4n) is 2.96. The SMILES string of the molecule is CN(Cc1cccc(NC(=O)c2cccc(NC(=O)C3CC3)c2)c1)C(=O)OC(C)(C)C. The second-order valence-electron chi connectivity index (χ2n) is 8.84. The van der Waals surface area contributed by atoms with Crippen LogP contribution < -0.4 is 10.6 Å². The molecule has 2 N–H and O–H groups in total. The molecular formula is C24H29N3O4. The smallest absolute Gasteiger partial charge is 0.410 e. The van der Waals surface area contributed by atoms with E-state index in [9.17, 15) is 14.4 Å². The lowest BCUT2D eigenvalue weighted by Crippen LogP contribution is -2.33. The number of hydrogen-bond acceptors (Lipinski definition) is 4. The van der Waals surface area contributed by atoms with Crippen molar-refractivity contribution < 1.29 is 19.1 Å². The van der Waals surface area contributed by atoms with E-state index in [4.69, 9.17) is 4.74 Å². The lowest BCUT2D eigenvalue weighted by atomic mass is 10.1. The van der Waals surface area contributed by atoms with Crippen molar-refractivity contribution in [3.63, 3.8) is 0 Å². The van der Waals surface area contributed by atoms with Gasteiger partial charge in [0.1, 0.15) is 5.60 Å². The van der Waals surface area contributed by atoms with Crippen molar-refractivity contribution in [2.75, 3.05) is 17.7 Å². The number of hydrogen-bond donors (Lipinski definition) is 2. The molecule has 0 spiro atoms. The summed E-state index contributed by atoms with van der Waals surface area (Å²) in [7, 11) is 1.67. The van der Waals surface area contributed by atoms with E-state index < -0.39 is 11.7 Å². The first-order chi connectivity index (χ1) is 14.6. The van der Waals surface area contributed by atoms with Crippen LogP contribution in [-0.4, -0.2) is 35.5 Å². The molecule has 0 aromatic heterocycles. The molecule has 7 nitrogen and oxygen atoms in total. The first-order valence-electron chi connectivity index (χ1n) is 10.4. The molecule has 0 saturated heterocycles. The Morgan fingerprint density at radius 2 is 1.65 bits per heavy atom. The van der Waals surface area contributed by atoms with Crippen molar-refractivity contribution in [2.24, 2.45) is 5.92 Å². The highest BCUT2D eigenvalue weighted by Crippen LogP contribution is 2.30. The van der Waals surface area contributed by atoms with E-state index in [0.29, 0.717) is 23.5 Å². The van der Waals surface area contributed by atoms with Crippen LogP contribution in [0.2, 0.25) is 0 Å². The van der Waals surface area contributed by atoms with Crippen LogP contribution >= 0.6 is 0 Å². The minimum atomic E-state index is -0.562. The van der Waals surface area contributed by atoms with Crippen molar-refractivity contribution in [3.05, 3.63) is 59.7 Å². The third kappa shape index (κ3) is 6.84. The molecule has 164 valence electrons. The van der Waals surface area contributed by atoms with Gasteiger partial charge in [0.05, 0.1) is 0 Å². The third-order valence-corrected chi connectivity index (χ3v) is 4.65. The molecule has 0 heterocycles. The summed E-state index contributed by atoms with van der Waals surface area (Å²) in [6, 6.07) is 14.2. The molecule has 0 bridgehead atoms. The van der Waals surface area contributed by atoms with Crippen molar-refractivity contribution in [1.82, 2.24) is 4.90 Å². The Morgan fingerprint density at radius 1 is 1.00 bits per heavy atom. The van der Waals surface area contributed by atoms with Crippen molar-refractivity contribution in [3.8, 4) is 0 Å². The lowest BCUT2D eigenvalue weighted by molar-refractivity contribution is -0.117. The topological polar surface area (TPSA) is 87.7 Å². The van der Waals surface area contributed by atoms with Crippen LogP contribution in [0.1, 0.15) is 49.5 Å². The van der Waals surface area contributed by atoms with E-state index in [1.807, 2.05) is 39.0 Å². The number of nitrogens with zero attached hydrogens (tertiary/aromatic N) is 1. The molecule has 2 aromatic rings. The highest BCUT2D eigenvalue weighted by molar-refractivity contribution is 6.05. The molecule has 0 radical (unpaired) electrons. The number of carbonyl (C=O) groups excluding carboxylic acids is 3. The average Bonchev–Trinajstić information content (AvgIpc) is 3.52. The van der Waals surface area contributed by atoms with Gasteiger partial charge in [0.15, 0.2) is 0 Å². The van der Waals surface area contributed by atoms with Gasteiger partial charge in [-0.15, -0.1) is 0 Å². The van der Waals surface area contributed by atoms with Crippen molar-refractivity contribution in [1.29, 1.82) is 0 Å². The fourth-order valence-corrected chi connectivity index (χ4v) is 2.96. The molecule has 31 heavy (non-hydrogen) atoms. The number of rotatable bonds is 6. The quantitative estimate of drug-likeness (QED) is 0.708. The van der Waals surface area contributed by atoms with Gasteiger partial charge >= 0.3 is 6.09 Å². The van der Waals surface area contributed by atoms with Gasteiger partial charge in [-0.05, 0) is 69.5 Å². The summed E-state index contributed by atoms with van der Waals surface area (Å²) in [5.41, 5.74) is 1.97. The average molecular weight is 424 g/mol. The van der Waals surface area contributed by atoms with E-state index in [-0.39, 0.29) is 17.7 Å². The molecule has 1 aliphatic rings. The Hall–Kier alpha value is -3.35. The van der Waals surface area contributed by atoms with Crippen LogP contribution in [0, 0.1) is 5.92 Å². The van der Waals surface area contributed by atoms with Crippen LogP contribution in [-0.2, 0) is 16.1 Å². The maximum absolute atomic E-state index is 12.7. The molecule has 0 aliphatic heterocycles. The lowest BCUT2D eigenvalue weighted by Gasteiger charge is -2.24. The summed E-state index contributed by atoms with van der Waals surface area (Å²) < 4.78 is 5.37. The number of benzene rings is 2. The second-order valence-corrected chi connectivity index (χ2v) is 8.84. The van der Waals surface area contributed by atoms with Crippen LogP contribution in [0.4, 0.5) is 16.2 Å². The van der Waals surface area contributed by atoms with Gasteiger partial charge in [-0.2, -0.15) is 0 Å². The molecule has 7 heteroatoms. The molecule has 3 rings (SSSR count). The van der Waals surface area contributed by atoms with E-state index in [2.05, 4.69) is 10.6 Å².